The van der Waals surface area contributed by atoms with Gasteiger partial charge in [-0.3, -0.25) is 0 Å². The van der Waals surface area contributed by atoms with Crippen molar-refractivity contribution in [3.8, 4) is 28.0 Å². The summed E-state index contributed by atoms with van der Waals surface area (Å²) in [5.74, 6) is 0.329. The standard InChI is InChI=1S/C17H12O/c1-10-7-11-3-2-4-14-15-9-12(18)5-6-13(15)16(8-10)17(11)14/h2-9,18H,1H3. The van der Waals surface area contributed by atoms with E-state index in [2.05, 4.69) is 37.3 Å². The van der Waals surface area contributed by atoms with Gasteiger partial charge in [-0.05, 0) is 57.6 Å². The molecule has 0 saturated heterocycles. The Morgan fingerprint density at radius 2 is 1.67 bits per heavy atom. The third-order valence-corrected chi connectivity index (χ3v) is 3.70. The van der Waals surface area contributed by atoms with Crippen LogP contribution in [0.25, 0.3) is 33.0 Å². The molecule has 1 nitrogen and oxygen atoms in total. The van der Waals surface area contributed by atoms with E-state index in [1.54, 1.807) is 6.07 Å². The van der Waals surface area contributed by atoms with Crippen LogP contribution >= 0.6 is 0 Å². The van der Waals surface area contributed by atoms with E-state index in [9.17, 15) is 5.11 Å². The first-order valence-corrected chi connectivity index (χ1v) is 6.11. The zero-order chi connectivity index (χ0) is 12.3. The molecule has 0 heterocycles. The molecule has 0 bridgehead atoms. The summed E-state index contributed by atoms with van der Waals surface area (Å²) < 4.78 is 0. The SMILES string of the molecule is Cc1cc2c3c(cccc3c1)-c1cc(O)ccc1-2. The average molecular weight is 232 g/mol. The maximum atomic E-state index is 9.69. The number of fused-ring (bicyclic) bond motifs is 3. The van der Waals surface area contributed by atoms with Crippen molar-refractivity contribution in [1.29, 1.82) is 0 Å². The van der Waals surface area contributed by atoms with Crippen LogP contribution in [0, 0.1) is 6.92 Å². The van der Waals surface area contributed by atoms with Crippen molar-refractivity contribution in [3.63, 3.8) is 0 Å². The third-order valence-electron chi connectivity index (χ3n) is 3.70. The molecule has 0 amide bonds. The van der Waals surface area contributed by atoms with Crippen LogP contribution in [0.1, 0.15) is 5.56 Å². The van der Waals surface area contributed by atoms with Gasteiger partial charge in [0.15, 0.2) is 0 Å². The van der Waals surface area contributed by atoms with Crippen LogP contribution in [0.2, 0.25) is 0 Å². The van der Waals surface area contributed by atoms with Gasteiger partial charge in [0, 0.05) is 0 Å². The first-order chi connectivity index (χ1) is 8.74. The molecule has 0 aliphatic heterocycles. The summed E-state index contributed by atoms with van der Waals surface area (Å²) in [6, 6.07) is 16.5. The van der Waals surface area contributed by atoms with Crippen molar-refractivity contribution < 1.29 is 5.11 Å². The Balaban J connectivity index is 2.25. The Bertz CT molecular complexity index is 800. The number of phenols is 1. The molecule has 0 spiro atoms. The van der Waals surface area contributed by atoms with Crippen molar-refractivity contribution in [2.75, 3.05) is 0 Å². The van der Waals surface area contributed by atoms with Crippen LogP contribution in [-0.2, 0) is 0 Å². The second-order valence-corrected chi connectivity index (χ2v) is 4.95. The second kappa shape index (κ2) is 3.14. The lowest BCUT2D eigenvalue weighted by molar-refractivity contribution is 0.475. The number of rotatable bonds is 0. The van der Waals surface area contributed by atoms with Crippen LogP contribution in [0.3, 0.4) is 0 Å². The third kappa shape index (κ3) is 1.11. The Kier molecular flexibility index (Phi) is 1.69. The van der Waals surface area contributed by atoms with Gasteiger partial charge in [-0.2, -0.15) is 0 Å². The van der Waals surface area contributed by atoms with E-state index in [1.807, 2.05) is 12.1 Å². The van der Waals surface area contributed by atoms with Crippen LogP contribution in [0.15, 0.2) is 48.5 Å². The van der Waals surface area contributed by atoms with Crippen molar-refractivity contribution >= 4 is 10.8 Å². The summed E-state index contributed by atoms with van der Waals surface area (Å²) >= 11 is 0. The number of aryl methyl sites for hydroxylation is 1. The van der Waals surface area contributed by atoms with Gasteiger partial charge in [0.1, 0.15) is 5.75 Å². The smallest absolute Gasteiger partial charge is 0.116 e. The van der Waals surface area contributed by atoms with Crippen molar-refractivity contribution in [3.05, 3.63) is 54.1 Å². The summed E-state index contributed by atoms with van der Waals surface area (Å²) in [6.07, 6.45) is 0. The number of benzene rings is 3. The highest BCUT2D eigenvalue weighted by atomic mass is 16.3. The minimum atomic E-state index is 0.329. The fourth-order valence-corrected chi connectivity index (χ4v) is 3.00. The molecule has 3 aromatic carbocycles. The van der Waals surface area contributed by atoms with E-state index < -0.39 is 0 Å². The fourth-order valence-electron chi connectivity index (χ4n) is 3.00. The van der Waals surface area contributed by atoms with E-state index >= 15 is 0 Å². The minimum absolute atomic E-state index is 0.329. The highest BCUT2D eigenvalue weighted by molar-refractivity contribution is 6.15. The van der Waals surface area contributed by atoms with E-state index in [-0.39, 0.29) is 0 Å². The predicted octanol–water partition coefficient (Wildman–Crippen LogP) is 4.50. The van der Waals surface area contributed by atoms with Crippen LogP contribution in [-0.4, -0.2) is 5.11 Å². The first kappa shape index (κ1) is 9.72. The highest BCUT2D eigenvalue weighted by Gasteiger charge is 2.21. The molecule has 0 saturated carbocycles. The lowest BCUT2D eigenvalue weighted by atomic mass is 10.0. The monoisotopic (exact) mass is 232 g/mol. The Labute approximate surface area is 105 Å². The number of hydrogen-bond donors (Lipinski definition) is 1. The molecule has 0 aromatic heterocycles. The Morgan fingerprint density at radius 1 is 0.778 bits per heavy atom. The lowest BCUT2D eigenvalue weighted by Crippen LogP contribution is -1.78. The summed E-state index contributed by atoms with van der Waals surface area (Å²) in [5, 5.41) is 12.3. The Morgan fingerprint density at radius 3 is 2.56 bits per heavy atom. The number of aromatic hydroxyl groups is 1. The number of hydrogen-bond acceptors (Lipinski definition) is 1. The molecule has 18 heavy (non-hydrogen) atoms. The van der Waals surface area contributed by atoms with Crippen molar-refractivity contribution in [1.82, 2.24) is 0 Å². The van der Waals surface area contributed by atoms with Gasteiger partial charge < -0.3 is 5.11 Å². The molecule has 4 rings (SSSR count). The highest BCUT2D eigenvalue weighted by Crippen LogP contribution is 2.48. The topological polar surface area (TPSA) is 20.2 Å². The molecule has 0 unspecified atom stereocenters. The maximum Gasteiger partial charge on any atom is 0.116 e. The van der Waals surface area contributed by atoms with Crippen LogP contribution in [0.5, 0.6) is 5.75 Å². The summed E-state index contributed by atoms with van der Waals surface area (Å²) in [4.78, 5) is 0. The van der Waals surface area contributed by atoms with E-state index in [0.717, 1.165) is 5.56 Å². The summed E-state index contributed by atoms with van der Waals surface area (Å²) in [7, 11) is 0. The van der Waals surface area contributed by atoms with Gasteiger partial charge in [0.25, 0.3) is 0 Å². The first-order valence-electron chi connectivity index (χ1n) is 6.11. The Hall–Kier alpha value is -2.28. The molecule has 3 aromatic rings. The van der Waals surface area contributed by atoms with Gasteiger partial charge in [0.05, 0.1) is 0 Å². The molecule has 0 atom stereocenters. The maximum absolute atomic E-state index is 9.69. The lowest BCUT2D eigenvalue weighted by Gasteiger charge is -2.03. The van der Waals surface area contributed by atoms with E-state index in [0.29, 0.717) is 5.75 Å². The molecule has 1 N–H and O–H groups in total. The van der Waals surface area contributed by atoms with Crippen molar-refractivity contribution in [2.45, 2.75) is 6.92 Å². The van der Waals surface area contributed by atoms with Gasteiger partial charge in [-0.25, -0.2) is 0 Å². The van der Waals surface area contributed by atoms with Crippen LogP contribution < -0.4 is 0 Å². The molecule has 0 radical (unpaired) electrons. The molecule has 1 aliphatic rings. The molecule has 1 aliphatic carbocycles. The normalized spacial score (nSPS) is 11.8. The molecular weight excluding hydrogens is 220 g/mol. The largest absolute Gasteiger partial charge is 0.508 e. The summed E-state index contributed by atoms with van der Waals surface area (Å²) in [5.41, 5.74) is 6.16. The molecule has 0 fully saturated rings. The predicted molar refractivity (Wildman–Crippen MR) is 74.8 cm³/mol. The molecule has 1 heteroatoms. The minimum Gasteiger partial charge on any atom is -0.508 e. The fraction of sp³-hybridized carbons (Fsp3) is 0.0588. The average Bonchev–Trinajstić information content (AvgIpc) is 2.65. The van der Waals surface area contributed by atoms with Crippen LogP contribution in [0.4, 0.5) is 0 Å². The number of phenolic OH excluding ortho intramolecular Hbond substituents is 1. The second-order valence-electron chi connectivity index (χ2n) is 4.95. The van der Waals surface area contributed by atoms with Crippen molar-refractivity contribution in [2.24, 2.45) is 0 Å². The molecule has 86 valence electrons. The zero-order valence-corrected chi connectivity index (χ0v) is 10.1. The van der Waals surface area contributed by atoms with E-state index in [1.165, 1.54) is 33.0 Å². The van der Waals surface area contributed by atoms with Gasteiger partial charge in [-0.15, -0.1) is 0 Å². The zero-order valence-electron chi connectivity index (χ0n) is 10.1. The van der Waals surface area contributed by atoms with Gasteiger partial charge in [-0.1, -0.05) is 36.4 Å². The quantitative estimate of drug-likeness (QED) is 0.473. The van der Waals surface area contributed by atoms with E-state index in [4.69, 9.17) is 0 Å². The van der Waals surface area contributed by atoms with Gasteiger partial charge in [0.2, 0.25) is 0 Å². The van der Waals surface area contributed by atoms with Gasteiger partial charge >= 0.3 is 0 Å². The molecular formula is C17H12O. The summed E-state index contributed by atoms with van der Waals surface area (Å²) in [6.45, 7) is 2.13.